The molecule has 1 atom stereocenters. The molecule has 1 aromatic heterocycles. The minimum atomic E-state index is 0.108. The lowest BCUT2D eigenvalue weighted by Gasteiger charge is -2.46. The second kappa shape index (κ2) is 4.72. The lowest BCUT2D eigenvalue weighted by atomic mass is 10.0. The predicted octanol–water partition coefficient (Wildman–Crippen LogP) is 0.871. The molecule has 1 unspecified atom stereocenters. The third-order valence-electron chi connectivity index (χ3n) is 4.05. The van der Waals surface area contributed by atoms with Gasteiger partial charge in [-0.05, 0) is 13.8 Å². The largest absolute Gasteiger partial charge is 0.299 e. The number of piperazine rings is 3. The van der Waals surface area contributed by atoms with Crippen LogP contribution in [0.25, 0.3) is 0 Å². The lowest BCUT2D eigenvalue weighted by molar-refractivity contribution is -0.128. The van der Waals surface area contributed by atoms with E-state index in [-0.39, 0.29) is 6.04 Å². The summed E-state index contributed by atoms with van der Waals surface area (Å²) >= 11 is 1.66. The van der Waals surface area contributed by atoms with Gasteiger partial charge in [0.05, 0.1) is 18.2 Å². The molecule has 3 saturated heterocycles. The smallest absolute Gasteiger partial charge is 0.158 e. The van der Waals surface area contributed by atoms with Gasteiger partial charge in [0.2, 0.25) is 0 Å². The molecule has 0 aromatic carbocycles. The zero-order chi connectivity index (χ0) is 12.7. The van der Waals surface area contributed by atoms with Gasteiger partial charge in [-0.1, -0.05) is 0 Å². The molecular weight excluding hydrogens is 246 g/mol. The van der Waals surface area contributed by atoms with Gasteiger partial charge in [0.15, 0.2) is 5.78 Å². The van der Waals surface area contributed by atoms with E-state index in [0.717, 1.165) is 43.4 Å². The van der Waals surface area contributed by atoms with Gasteiger partial charge in [-0.3, -0.25) is 14.6 Å². The first kappa shape index (κ1) is 12.3. The summed E-state index contributed by atoms with van der Waals surface area (Å²) in [7, 11) is 0. The highest BCUT2D eigenvalue weighted by Gasteiger charge is 2.36. The van der Waals surface area contributed by atoms with Gasteiger partial charge in [0.1, 0.15) is 5.01 Å². The minimum absolute atomic E-state index is 0.108. The monoisotopic (exact) mass is 265 g/mol. The van der Waals surface area contributed by atoms with Gasteiger partial charge in [0.25, 0.3) is 0 Å². The molecule has 0 amide bonds. The Kier molecular flexibility index (Phi) is 3.21. The van der Waals surface area contributed by atoms with E-state index < -0.39 is 0 Å². The van der Waals surface area contributed by atoms with E-state index in [9.17, 15) is 4.79 Å². The first-order valence-electron chi connectivity index (χ1n) is 6.55. The Balaban J connectivity index is 1.68. The SMILES string of the molecule is Cc1nc(CC(=O)C2CN3CCN2CC3)sc1C. The zero-order valence-corrected chi connectivity index (χ0v) is 11.8. The maximum Gasteiger partial charge on any atom is 0.158 e. The number of hydrogen-bond acceptors (Lipinski definition) is 5. The molecule has 3 aliphatic rings. The molecule has 5 heteroatoms. The van der Waals surface area contributed by atoms with Crippen LogP contribution in [0.5, 0.6) is 0 Å². The number of fused-ring (bicyclic) bond motifs is 3. The van der Waals surface area contributed by atoms with Crippen LogP contribution in [0, 0.1) is 13.8 Å². The quantitative estimate of drug-likeness (QED) is 0.812. The molecule has 2 bridgehead atoms. The van der Waals surface area contributed by atoms with Crippen LogP contribution < -0.4 is 0 Å². The van der Waals surface area contributed by atoms with E-state index in [2.05, 4.69) is 21.7 Å². The van der Waals surface area contributed by atoms with Crippen LogP contribution in [0.15, 0.2) is 0 Å². The van der Waals surface area contributed by atoms with Crippen molar-refractivity contribution in [3.8, 4) is 0 Å². The molecule has 0 radical (unpaired) electrons. The summed E-state index contributed by atoms with van der Waals surface area (Å²) in [6, 6.07) is 0.108. The van der Waals surface area contributed by atoms with Crippen molar-refractivity contribution in [1.29, 1.82) is 0 Å². The van der Waals surface area contributed by atoms with E-state index in [1.807, 2.05) is 6.92 Å². The molecule has 1 aromatic rings. The second-order valence-corrected chi connectivity index (χ2v) is 6.53. The number of aryl methyl sites for hydroxylation is 2. The topological polar surface area (TPSA) is 36.4 Å². The third-order valence-corrected chi connectivity index (χ3v) is 5.12. The molecule has 4 heterocycles. The average molecular weight is 265 g/mol. The Morgan fingerprint density at radius 2 is 2.06 bits per heavy atom. The van der Waals surface area contributed by atoms with Crippen LogP contribution >= 0.6 is 11.3 Å². The van der Waals surface area contributed by atoms with Crippen molar-refractivity contribution in [3.63, 3.8) is 0 Å². The van der Waals surface area contributed by atoms with Crippen LogP contribution in [-0.4, -0.2) is 59.3 Å². The van der Waals surface area contributed by atoms with Crippen LogP contribution in [0.2, 0.25) is 0 Å². The molecule has 3 fully saturated rings. The molecule has 0 saturated carbocycles. The van der Waals surface area contributed by atoms with Crippen molar-refractivity contribution in [2.75, 3.05) is 32.7 Å². The number of carbonyl (C=O) groups is 1. The fourth-order valence-corrected chi connectivity index (χ4v) is 3.75. The lowest BCUT2D eigenvalue weighted by Crippen LogP contribution is -2.63. The second-order valence-electron chi connectivity index (χ2n) is 5.24. The Morgan fingerprint density at radius 1 is 1.33 bits per heavy atom. The highest BCUT2D eigenvalue weighted by molar-refractivity contribution is 7.11. The van der Waals surface area contributed by atoms with E-state index in [1.54, 1.807) is 11.3 Å². The molecule has 18 heavy (non-hydrogen) atoms. The van der Waals surface area contributed by atoms with Crippen molar-refractivity contribution in [2.45, 2.75) is 26.3 Å². The number of aromatic nitrogens is 1. The number of ketones is 1. The normalized spacial score (nSPS) is 30.7. The van der Waals surface area contributed by atoms with Crippen molar-refractivity contribution in [2.24, 2.45) is 0 Å². The molecule has 4 nitrogen and oxygen atoms in total. The maximum atomic E-state index is 12.4. The predicted molar refractivity (Wildman–Crippen MR) is 72.1 cm³/mol. The van der Waals surface area contributed by atoms with E-state index in [0.29, 0.717) is 12.2 Å². The summed E-state index contributed by atoms with van der Waals surface area (Å²) in [5, 5.41) is 0.979. The molecule has 0 aliphatic carbocycles. The van der Waals surface area contributed by atoms with Crippen molar-refractivity contribution < 1.29 is 4.79 Å². The summed E-state index contributed by atoms with van der Waals surface area (Å²) in [5.74, 6) is 0.341. The maximum absolute atomic E-state index is 12.4. The highest BCUT2D eigenvalue weighted by atomic mass is 32.1. The summed E-state index contributed by atoms with van der Waals surface area (Å²) in [5.41, 5.74) is 1.07. The highest BCUT2D eigenvalue weighted by Crippen LogP contribution is 2.21. The van der Waals surface area contributed by atoms with Crippen LogP contribution in [0.3, 0.4) is 0 Å². The van der Waals surface area contributed by atoms with Gasteiger partial charge in [0, 0.05) is 37.6 Å². The summed E-state index contributed by atoms with van der Waals surface area (Å²) in [6.07, 6.45) is 0.508. The molecule has 98 valence electrons. The Bertz CT molecular complexity index is 443. The van der Waals surface area contributed by atoms with Crippen molar-refractivity contribution in [1.82, 2.24) is 14.8 Å². The van der Waals surface area contributed by atoms with E-state index in [4.69, 9.17) is 0 Å². The zero-order valence-electron chi connectivity index (χ0n) is 11.0. The minimum Gasteiger partial charge on any atom is -0.299 e. The van der Waals surface area contributed by atoms with Crippen LogP contribution in [-0.2, 0) is 11.2 Å². The average Bonchev–Trinajstić information content (AvgIpc) is 2.69. The summed E-state index contributed by atoms with van der Waals surface area (Å²) in [4.78, 5) is 22.8. The van der Waals surface area contributed by atoms with Crippen LogP contribution in [0.1, 0.15) is 15.6 Å². The van der Waals surface area contributed by atoms with Crippen LogP contribution in [0.4, 0.5) is 0 Å². The van der Waals surface area contributed by atoms with Gasteiger partial charge in [-0.25, -0.2) is 4.98 Å². The number of Topliss-reactive ketones (excluding diaryl/α,β-unsaturated/α-hetero) is 1. The summed E-state index contributed by atoms with van der Waals surface area (Å²) < 4.78 is 0. The first-order chi connectivity index (χ1) is 8.63. The number of rotatable bonds is 3. The Labute approximate surface area is 112 Å². The van der Waals surface area contributed by atoms with Gasteiger partial charge in [-0.15, -0.1) is 11.3 Å². The molecule has 3 aliphatic heterocycles. The van der Waals surface area contributed by atoms with Gasteiger partial charge < -0.3 is 0 Å². The Morgan fingerprint density at radius 3 is 2.56 bits per heavy atom. The molecular formula is C13H19N3OS. The number of thiazole rings is 1. The van der Waals surface area contributed by atoms with E-state index >= 15 is 0 Å². The number of nitrogens with zero attached hydrogens (tertiary/aromatic N) is 3. The summed E-state index contributed by atoms with van der Waals surface area (Å²) in [6.45, 7) is 9.34. The van der Waals surface area contributed by atoms with Crippen molar-refractivity contribution >= 4 is 17.1 Å². The van der Waals surface area contributed by atoms with Gasteiger partial charge >= 0.3 is 0 Å². The Hall–Kier alpha value is -0.780. The number of carbonyl (C=O) groups excluding carboxylic acids is 1. The standard InChI is InChI=1S/C13H19N3OS/c1-9-10(2)18-13(14-9)7-12(17)11-8-15-3-5-16(11)6-4-15/h11H,3-8H2,1-2H3. The fraction of sp³-hybridized carbons (Fsp3) is 0.692. The number of hydrogen-bond donors (Lipinski definition) is 0. The third kappa shape index (κ3) is 2.22. The van der Waals surface area contributed by atoms with Crippen molar-refractivity contribution in [3.05, 3.63) is 15.6 Å². The first-order valence-corrected chi connectivity index (χ1v) is 7.37. The van der Waals surface area contributed by atoms with Gasteiger partial charge in [-0.2, -0.15) is 0 Å². The molecule has 0 spiro atoms. The molecule has 0 N–H and O–H groups in total. The molecule has 4 rings (SSSR count). The van der Waals surface area contributed by atoms with E-state index in [1.165, 1.54) is 4.88 Å². The fourth-order valence-electron chi connectivity index (χ4n) is 2.80.